The summed E-state index contributed by atoms with van der Waals surface area (Å²) >= 11 is 5.70. The van der Waals surface area contributed by atoms with Gasteiger partial charge in [-0.3, -0.25) is 0 Å². The first-order chi connectivity index (χ1) is 5.33. The van der Waals surface area contributed by atoms with Crippen LogP contribution < -0.4 is 11.1 Å². The van der Waals surface area contributed by atoms with Gasteiger partial charge in [0, 0.05) is 18.2 Å². The average molecular weight is 171 g/mol. The van der Waals surface area contributed by atoms with E-state index in [0.29, 0.717) is 6.67 Å². The molecule has 11 heavy (non-hydrogen) atoms. The second kappa shape index (κ2) is 4.34. The third-order valence-corrected chi connectivity index (χ3v) is 1.64. The summed E-state index contributed by atoms with van der Waals surface area (Å²) in [4.78, 5) is 0. The summed E-state index contributed by atoms with van der Waals surface area (Å²) in [5, 5.41) is 3.78. The van der Waals surface area contributed by atoms with Gasteiger partial charge in [-0.05, 0) is 17.7 Å². The van der Waals surface area contributed by atoms with Crippen LogP contribution in [0.25, 0.3) is 0 Å². The maximum atomic E-state index is 5.70. The van der Waals surface area contributed by atoms with E-state index < -0.39 is 0 Å². The molecule has 1 rings (SSSR count). The van der Waals surface area contributed by atoms with E-state index in [-0.39, 0.29) is 0 Å². The number of nitrogens with two attached hydrogens (primary N) is 1. The molecule has 3 N–H and O–H groups in total. The molecule has 0 aliphatic rings. The molecule has 0 fully saturated rings. The summed E-state index contributed by atoms with van der Waals surface area (Å²) in [5.41, 5.74) is 6.46. The third-order valence-electron chi connectivity index (χ3n) is 1.39. The van der Waals surface area contributed by atoms with Crippen LogP contribution in [0, 0.1) is 0 Å². The Labute approximate surface area is 71.4 Å². The van der Waals surface area contributed by atoms with Crippen LogP contribution in [0.4, 0.5) is 0 Å². The van der Waals surface area contributed by atoms with Crippen molar-refractivity contribution >= 4 is 11.6 Å². The van der Waals surface area contributed by atoms with Crippen LogP contribution in [0.3, 0.4) is 0 Å². The minimum Gasteiger partial charge on any atom is -0.318 e. The van der Waals surface area contributed by atoms with Crippen molar-refractivity contribution in [3.8, 4) is 0 Å². The highest BCUT2D eigenvalue weighted by Gasteiger charge is 1.90. The maximum Gasteiger partial charge on any atom is 0.0431 e. The van der Waals surface area contributed by atoms with E-state index in [9.17, 15) is 0 Å². The van der Waals surface area contributed by atoms with Gasteiger partial charge in [0.15, 0.2) is 0 Å². The van der Waals surface area contributed by atoms with Crippen LogP contribution >= 0.6 is 11.6 Å². The molecule has 0 aliphatic heterocycles. The van der Waals surface area contributed by atoms with Crippen molar-refractivity contribution in [2.45, 2.75) is 6.54 Å². The fourth-order valence-electron chi connectivity index (χ4n) is 0.819. The van der Waals surface area contributed by atoms with Gasteiger partial charge >= 0.3 is 0 Å². The lowest BCUT2D eigenvalue weighted by Gasteiger charge is -2.00. The summed E-state index contributed by atoms with van der Waals surface area (Å²) in [6, 6.07) is 7.69. The van der Waals surface area contributed by atoms with Crippen molar-refractivity contribution < 1.29 is 0 Å². The number of rotatable bonds is 3. The first-order valence-corrected chi connectivity index (χ1v) is 3.86. The van der Waals surface area contributed by atoms with E-state index in [2.05, 4.69) is 5.32 Å². The van der Waals surface area contributed by atoms with Crippen molar-refractivity contribution in [1.29, 1.82) is 0 Å². The zero-order valence-electron chi connectivity index (χ0n) is 6.18. The molecule has 0 saturated carbocycles. The fourth-order valence-corrected chi connectivity index (χ4v) is 0.945. The minimum absolute atomic E-state index is 0.503. The molecule has 0 unspecified atom stereocenters. The zero-order chi connectivity index (χ0) is 8.10. The zero-order valence-corrected chi connectivity index (χ0v) is 6.93. The van der Waals surface area contributed by atoms with E-state index in [1.165, 1.54) is 5.56 Å². The van der Waals surface area contributed by atoms with E-state index in [1.807, 2.05) is 24.3 Å². The van der Waals surface area contributed by atoms with E-state index in [4.69, 9.17) is 17.3 Å². The summed E-state index contributed by atoms with van der Waals surface area (Å²) in [5.74, 6) is 0. The monoisotopic (exact) mass is 170 g/mol. The maximum absolute atomic E-state index is 5.70. The molecule has 60 valence electrons. The van der Waals surface area contributed by atoms with Gasteiger partial charge in [-0.15, -0.1) is 0 Å². The number of hydrogen-bond acceptors (Lipinski definition) is 2. The molecule has 0 saturated heterocycles. The highest BCUT2D eigenvalue weighted by molar-refractivity contribution is 6.30. The van der Waals surface area contributed by atoms with Gasteiger partial charge in [-0.1, -0.05) is 23.7 Å². The largest absolute Gasteiger partial charge is 0.318 e. The molecule has 0 aliphatic carbocycles. The van der Waals surface area contributed by atoms with Gasteiger partial charge in [-0.2, -0.15) is 0 Å². The Balaban J connectivity index is 2.52. The van der Waals surface area contributed by atoms with Crippen molar-refractivity contribution in [1.82, 2.24) is 5.32 Å². The fraction of sp³-hybridized carbons (Fsp3) is 0.250. The van der Waals surface area contributed by atoms with Crippen molar-refractivity contribution in [3.63, 3.8) is 0 Å². The summed E-state index contributed by atoms with van der Waals surface area (Å²) in [7, 11) is 0. The Kier molecular flexibility index (Phi) is 3.36. The quantitative estimate of drug-likeness (QED) is 0.673. The predicted molar refractivity (Wildman–Crippen MR) is 47.3 cm³/mol. The second-order valence-corrected chi connectivity index (χ2v) is 2.69. The van der Waals surface area contributed by atoms with Gasteiger partial charge in [0.25, 0.3) is 0 Å². The third kappa shape index (κ3) is 2.89. The van der Waals surface area contributed by atoms with Gasteiger partial charge in [0.2, 0.25) is 0 Å². The molecule has 3 heteroatoms. The first kappa shape index (κ1) is 8.53. The predicted octanol–water partition coefficient (Wildman–Crippen LogP) is 1.35. The Hall–Kier alpha value is -0.570. The topological polar surface area (TPSA) is 38.0 Å². The van der Waals surface area contributed by atoms with Crippen LogP contribution in [-0.4, -0.2) is 6.67 Å². The Morgan fingerprint density at radius 3 is 2.45 bits per heavy atom. The van der Waals surface area contributed by atoms with Crippen LogP contribution in [0.15, 0.2) is 24.3 Å². The van der Waals surface area contributed by atoms with Crippen LogP contribution in [0.5, 0.6) is 0 Å². The highest BCUT2D eigenvalue weighted by Crippen LogP contribution is 2.08. The molecule has 0 amide bonds. The number of hydrogen-bond donors (Lipinski definition) is 2. The van der Waals surface area contributed by atoms with Crippen LogP contribution in [0.2, 0.25) is 5.02 Å². The lowest BCUT2D eigenvalue weighted by Crippen LogP contribution is -2.21. The summed E-state index contributed by atoms with van der Waals surface area (Å²) in [6.07, 6.45) is 0. The Morgan fingerprint density at radius 2 is 1.91 bits per heavy atom. The van der Waals surface area contributed by atoms with Crippen molar-refractivity contribution in [3.05, 3.63) is 34.9 Å². The normalized spacial score (nSPS) is 10.0. The second-order valence-electron chi connectivity index (χ2n) is 2.26. The molecular formula is C8H11ClN2. The van der Waals surface area contributed by atoms with E-state index in [1.54, 1.807) is 0 Å². The van der Waals surface area contributed by atoms with Crippen LogP contribution in [-0.2, 0) is 6.54 Å². The molecule has 0 aromatic heterocycles. The summed E-state index contributed by atoms with van der Waals surface area (Å²) in [6.45, 7) is 1.30. The number of benzene rings is 1. The van der Waals surface area contributed by atoms with E-state index >= 15 is 0 Å². The number of halogens is 1. The molecule has 0 atom stereocenters. The molecule has 0 radical (unpaired) electrons. The highest BCUT2D eigenvalue weighted by atomic mass is 35.5. The summed E-state index contributed by atoms with van der Waals surface area (Å²) < 4.78 is 0. The van der Waals surface area contributed by atoms with Crippen molar-refractivity contribution in [2.24, 2.45) is 5.73 Å². The van der Waals surface area contributed by atoms with E-state index in [0.717, 1.165) is 11.6 Å². The molecular weight excluding hydrogens is 160 g/mol. The lowest BCUT2D eigenvalue weighted by molar-refractivity contribution is 0.709. The van der Waals surface area contributed by atoms with Crippen molar-refractivity contribution in [2.75, 3.05) is 6.67 Å². The molecule has 1 aromatic rings. The Bertz CT molecular complexity index is 208. The Morgan fingerprint density at radius 1 is 1.27 bits per heavy atom. The van der Waals surface area contributed by atoms with Gasteiger partial charge < -0.3 is 11.1 Å². The van der Waals surface area contributed by atoms with Gasteiger partial charge in [-0.25, -0.2) is 0 Å². The molecule has 2 nitrogen and oxygen atoms in total. The molecule has 0 heterocycles. The van der Waals surface area contributed by atoms with Crippen LogP contribution in [0.1, 0.15) is 5.56 Å². The van der Waals surface area contributed by atoms with Gasteiger partial charge in [0.1, 0.15) is 0 Å². The first-order valence-electron chi connectivity index (χ1n) is 3.48. The standard InChI is InChI=1S/C8H11ClN2/c9-8-3-1-7(2-4-8)5-11-6-10/h1-4,11H,5-6,10H2. The minimum atomic E-state index is 0.503. The average Bonchev–Trinajstić information content (AvgIpc) is 2.04. The molecule has 0 spiro atoms. The molecule has 1 aromatic carbocycles. The smallest absolute Gasteiger partial charge is 0.0431 e. The molecule has 0 bridgehead atoms. The number of nitrogens with one attached hydrogen (secondary N) is 1. The van der Waals surface area contributed by atoms with Gasteiger partial charge in [0.05, 0.1) is 0 Å². The SMILES string of the molecule is NCNCc1ccc(Cl)cc1. The lowest BCUT2D eigenvalue weighted by atomic mass is 10.2.